The molecule has 0 spiro atoms. The van der Waals surface area contributed by atoms with E-state index in [9.17, 15) is 43.2 Å². The van der Waals surface area contributed by atoms with Crippen molar-refractivity contribution in [2.45, 2.75) is 395 Å². The standard InChI is InChI=1S/C75H146O17P2/c1-9-67(7)53-45-37-29-22-18-13-11-12-14-20-24-32-41-49-57-74(79)91-70(61-85-72(77)55-47-39-30-23-19-16-15-17-21-27-35-43-51-65(3)4)63-89-93(81,82)87-59-69(76)60-88-94(83,84)90-64-71(92-75(80)58-50-42-34-33-38-46-54-68(8)10-2)62-86-73(78)56-48-40-31-26-25-28-36-44-52-66(5)6/h65-71,76H,9-64H2,1-8H3,(H,81,82)(H,83,84)/t67?,68?,69?,70-,71-/m1/s1. The van der Waals surface area contributed by atoms with Crippen LogP contribution in [0.2, 0.25) is 0 Å². The summed E-state index contributed by atoms with van der Waals surface area (Å²) in [5.41, 5.74) is 0. The zero-order valence-corrected chi connectivity index (χ0v) is 63.4. The van der Waals surface area contributed by atoms with Gasteiger partial charge in [-0.25, -0.2) is 9.13 Å². The lowest BCUT2D eigenvalue weighted by Gasteiger charge is -2.21. The van der Waals surface area contributed by atoms with E-state index in [1.54, 1.807) is 0 Å². The summed E-state index contributed by atoms with van der Waals surface area (Å²) in [5, 5.41) is 10.6. The maximum Gasteiger partial charge on any atom is 0.472 e. The third kappa shape index (κ3) is 66.0. The number of unbranched alkanes of at least 4 members (excludes halogenated alkanes) is 36. The van der Waals surface area contributed by atoms with Crippen LogP contribution in [-0.2, 0) is 65.4 Å². The Morgan fingerprint density at radius 2 is 0.511 bits per heavy atom. The van der Waals surface area contributed by atoms with Gasteiger partial charge in [0.2, 0.25) is 0 Å². The highest BCUT2D eigenvalue weighted by Gasteiger charge is 2.30. The summed E-state index contributed by atoms with van der Waals surface area (Å²) in [4.78, 5) is 72.7. The van der Waals surface area contributed by atoms with Gasteiger partial charge in [-0.15, -0.1) is 0 Å². The SMILES string of the molecule is CCC(C)CCCCCCCCCCCCCCCCC(=O)O[C@H](COC(=O)CCCCCCCCCCCCCCC(C)C)COP(=O)(O)OCC(O)COP(=O)(O)OC[C@@H](COC(=O)CCCCCCCCCCC(C)C)OC(=O)CCCCCCCCC(C)CC. The van der Waals surface area contributed by atoms with E-state index >= 15 is 0 Å². The molecule has 0 saturated heterocycles. The molecule has 0 rings (SSSR count). The summed E-state index contributed by atoms with van der Waals surface area (Å²) in [5.74, 6) is 0.949. The van der Waals surface area contributed by atoms with Crippen LogP contribution in [0.3, 0.4) is 0 Å². The van der Waals surface area contributed by atoms with Crippen molar-refractivity contribution in [1.29, 1.82) is 0 Å². The Hall–Kier alpha value is -1.94. The number of aliphatic hydroxyl groups is 1. The highest BCUT2D eigenvalue weighted by atomic mass is 31.2. The molecule has 0 radical (unpaired) electrons. The minimum absolute atomic E-state index is 0.102. The first-order valence-electron chi connectivity index (χ1n) is 38.8. The molecule has 0 aliphatic rings. The quantitative estimate of drug-likeness (QED) is 0.0222. The summed E-state index contributed by atoms with van der Waals surface area (Å²) in [6.45, 7) is 14.2. The third-order valence-corrected chi connectivity index (χ3v) is 19.9. The maximum absolute atomic E-state index is 13.1. The molecular formula is C75H146O17P2. The highest BCUT2D eigenvalue weighted by molar-refractivity contribution is 7.47. The van der Waals surface area contributed by atoms with Crippen molar-refractivity contribution >= 4 is 39.5 Å². The average Bonchev–Trinajstić information content (AvgIpc) is 1.46. The molecule has 0 fully saturated rings. The fraction of sp³-hybridized carbons (Fsp3) is 0.947. The van der Waals surface area contributed by atoms with Crippen molar-refractivity contribution in [3.05, 3.63) is 0 Å². The van der Waals surface area contributed by atoms with Gasteiger partial charge in [0, 0.05) is 25.7 Å². The predicted molar refractivity (Wildman–Crippen MR) is 381 cm³/mol. The number of carbonyl (C=O) groups excluding carboxylic acids is 4. The smallest absolute Gasteiger partial charge is 0.462 e. The first kappa shape index (κ1) is 92.1. The summed E-state index contributed by atoms with van der Waals surface area (Å²) in [7, 11) is -9.91. The number of hydrogen-bond donors (Lipinski definition) is 3. The van der Waals surface area contributed by atoms with E-state index in [0.29, 0.717) is 25.7 Å². The summed E-state index contributed by atoms with van der Waals surface area (Å²) >= 11 is 0. The van der Waals surface area contributed by atoms with Gasteiger partial charge in [-0.05, 0) is 49.4 Å². The predicted octanol–water partition coefficient (Wildman–Crippen LogP) is 21.7. The molecule has 0 aromatic rings. The molecule has 0 aromatic carbocycles. The van der Waals surface area contributed by atoms with Crippen molar-refractivity contribution in [3.63, 3.8) is 0 Å². The van der Waals surface area contributed by atoms with E-state index in [-0.39, 0.29) is 25.7 Å². The second-order valence-electron chi connectivity index (χ2n) is 28.5. The van der Waals surface area contributed by atoms with Gasteiger partial charge in [0.05, 0.1) is 26.4 Å². The molecule has 94 heavy (non-hydrogen) atoms. The average molecular weight is 1380 g/mol. The molecule has 0 aliphatic heterocycles. The zero-order chi connectivity index (χ0) is 69.6. The largest absolute Gasteiger partial charge is 0.472 e. The lowest BCUT2D eigenvalue weighted by molar-refractivity contribution is -0.161. The van der Waals surface area contributed by atoms with Crippen LogP contribution in [0.1, 0.15) is 376 Å². The molecule has 0 aromatic heterocycles. The number of rotatable bonds is 72. The molecule has 558 valence electrons. The number of ether oxygens (including phenoxy) is 4. The Balaban J connectivity index is 5.25. The van der Waals surface area contributed by atoms with Crippen molar-refractivity contribution in [3.8, 4) is 0 Å². The van der Waals surface area contributed by atoms with Crippen molar-refractivity contribution < 1.29 is 80.2 Å². The minimum atomic E-state index is -4.96. The van der Waals surface area contributed by atoms with Gasteiger partial charge in [0.25, 0.3) is 0 Å². The van der Waals surface area contributed by atoms with Crippen molar-refractivity contribution in [2.75, 3.05) is 39.6 Å². The summed E-state index contributed by atoms with van der Waals surface area (Å²) < 4.78 is 68.5. The molecule has 0 amide bonds. The molecule has 17 nitrogen and oxygen atoms in total. The molecule has 0 heterocycles. The van der Waals surface area contributed by atoms with Crippen LogP contribution in [0, 0.1) is 23.7 Å². The third-order valence-electron chi connectivity index (χ3n) is 18.0. The zero-order valence-electron chi connectivity index (χ0n) is 61.6. The van der Waals surface area contributed by atoms with E-state index in [1.165, 1.54) is 180 Å². The van der Waals surface area contributed by atoms with E-state index in [0.717, 1.165) is 114 Å². The van der Waals surface area contributed by atoms with Crippen LogP contribution < -0.4 is 0 Å². The summed E-state index contributed by atoms with van der Waals surface area (Å²) in [6.07, 6.45) is 48.6. The van der Waals surface area contributed by atoms with Gasteiger partial charge in [-0.2, -0.15) is 0 Å². The van der Waals surface area contributed by atoms with Gasteiger partial charge in [-0.1, -0.05) is 325 Å². The van der Waals surface area contributed by atoms with Gasteiger partial charge in [-0.3, -0.25) is 37.3 Å². The van der Waals surface area contributed by atoms with Crippen LogP contribution in [-0.4, -0.2) is 96.7 Å². The van der Waals surface area contributed by atoms with Crippen LogP contribution in [0.25, 0.3) is 0 Å². The molecular weight excluding hydrogens is 1230 g/mol. The van der Waals surface area contributed by atoms with Gasteiger partial charge >= 0.3 is 39.5 Å². The Labute approximate surface area is 575 Å². The molecule has 19 heteroatoms. The topological polar surface area (TPSA) is 237 Å². The number of esters is 4. The second-order valence-corrected chi connectivity index (χ2v) is 31.4. The number of hydrogen-bond acceptors (Lipinski definition) is 15. The maximum atomic E-state index is 13.1. The van der Waals surface area contributed by atoms with Crippen LogP contribution in [0.15, 0.2) is 0 Å². The number of carbonyl (C=O) groups is 4. The first-order valence-corrected chi connectivity index (χ1v) is 41.8. The second kappa shape index (κ2) is 64.4. The van der Waals surface area contributed by atoms with Gasteiger partial charge in [0.15, 0.2) is 12.2 Å². The van der Waals surface area contributed by atoms with E-state index < -0.39 is 97.5 Å². The number of phosphoric ester groups is 2. The Morgan fingerprint density at radius 3 is 0.755 bits per heavy atom. The highest BCUT2D eigenvalue weighted by Crippen LogP contribution is 2.45. The first-order chi connectivity index (χ1) is 45.2. The van der Waals surface area contributed by atoms with Crippen LogP contribution in [0.5, 0.6) is 0 Å². The van der Waals surface area contributed by atoms with Crippen LogP contribution in [0.4, 0.5) is 0 Å². The van der Waals surface area contributed by atoms with Gasteiger partial charge < -0.3 is 33.8 Å². The van der Waals surface area contributed by atoms with E-state index in [4.69, 9.17) is 37.0 Å². The Morgan fingerprint density at radius 1 is 0.298 bits per heavy atom. The van der Waals surface area contributed by atoms with Crippen molar-refractivity contribution in [2.24, 2.45) is 23.7 Å². The monoisotopic (exact) mass is 1380 g/mol. The molecule has 0 aliphatic carbocycles. The summed E-state index contributed by atoms with van der Waals surface area (Å²) in [6, 6.07) is 0. The Kier molecular flexibility index (Phi) is 63.1. The van der Waals surface area contributed by atoms with Crippen LogP contribution >= 0.6 is 15.6 Å². The minimum Gasteiger partial charge on any atom is -0.462 e. The Bertz CT molecular complexity index is 1850. The molecule has 7 atom stereocenters. The number of phosphoric acid groups is 2. The fourth-order valence-electron chi connectivity index (χ4n) is 11.3. The normalized spacial score (nSPS) is 14.7. The lowest BCUT2D eigenvalue weighted by Crippen LogP contribution is -2.30. The van der Waals surface area contributed by atoms with E-state index in [1.807, 2.05) is 0 Å². The molecule has 5 unspecified atom stereocenters. The molecule has 3 N–H and O–H groups in total. The fourth-order valence-corrected chi connectivity index (χ4v) is 12.9. The number of aliphatic hydroxyl groups excluding tert-OH is 1. The van der Waals surface area contributed by atoms with Crippen molar-refractivity contribution in [1.82, 2.24) is 0 Å². The molecule has 0 bridgehead atoms. The lowest BCUT2D eigenvalue weighted by atomic mass is 9.99. The molecule has 0 saturated carbocycles. The van der Waals surface area contributed by atoms with Gasteiger partial charge in [0.1, 0.15) is 19.3 Å². The van der Waals surface area contributed by atoms with E-state index in [2.05, 4.69) is 55.4 Å².